The Hall–Kier alpha value is -3.10. The standard InChI is InChI=1S/C18H15N5O2S/c1-11-4-2-5-12(8-11)16-14(6-3-7-15(16)26(19,24)25)18-20-9-13-10-21-23-17(13)22-18/h2-10H,1H3,(H2,19,24,25)(H,20,21,22,23). The Morgan fingerprint density at radius 3 is 2.65 bits per heavy atom. The quantitative estimate of drug-likeness (QED) is 0.579. The number of hydrogen-bond acceptors (Lipinski definition) is 5. The fraction of sp³-hybridized carbons (Fsp3) is 0.0556. The van der Waals surface area contributed by atoms with Crippen molar-refractivity contribution in [2.45, 2.75) is 11.8 Å². The summed E-state index contributed by atoms with van der Waals surface area (Å²) in [6.45, 7) is 1.94. The maximum absolute atomic E-state index is 12.2. The fourth-order valence-electron chi connectivity index (χ4n) is 2.92. The molecule has 0 aliphatic heterocycles. The first-order chi connectivity index (χ1) is 12.4. The number of sulfonamides is 1. The smallest absolute Gasteiger partial charge is 0.238 e. The van der Waals surface area contributed by atoms with Crippen molar-refractivity contribution in [1.82, 2.24) is 20.2 Å². The van der Waals surface area contributed by atoms with Crippen molar-refractivity contribution in [1.29, 1.82) is 0 Å². The Kier molecular flexibility index (Phi) is 3.78. The molecule has 7 nitrogen and oxygen atoms in total. The number of aromatic amines is 1. The number of fused-ring (bicyclic) bond motifs is 1. The first kappa shape index (κ1) is 16.4. The lowest BCUT2D eigenvalue weighted by molar-refractivity contribution is 0.598. The maximum atomic E-state index is 12.2. The van der Waals surface area contributed by atoms with Crippen molar-refractivity contribution >= 4 is 21.1 Å². The SMILES string of the molecule is Cc1cccc(-c2c(-c3ncc4cn[nH]c4n3)cccc2S(N)(=O)=O)c1. The second kappa shape index (κ2) is 6.01. The summed E-state index contributed by atoms with van der Waals surface area (Å²) in [5.74, 6) is 0.392. The number of primary sulfonamides is 1. The first-order valence-corrected chi connectivity index (χ1v) is 9.37. The van der Waals surface area contributed by atoms with Crippen molar-refractivity contribution in [3.8, 4) is 22.5 Å². The maximum Gasteiger partial charge on any atom is 0.238 e. The van der Waals surface area contributed by atoms with Crippen molar-refractivity contribution in [3.63, 3.8) is 0 Å². The van der Waals surface area contributed by atoms with Gasteiger partial charge in [-0.05, 0) is 18.6 Å². The molecule has 0 aliphatic rings. The van der Waals surface area contributed by atoms with Gasteiger partial charge in [-0.1, -0.05) is 42.0 Å². The third-order valence-electron chi connectivity index (χ3n) is 4.07. The van der Waals surface area contributed by atoms with Gasteiger partial charge in [-0.3, -0.25) is 5.10 Å². The van der Waals surface area contributed by atoms with Crippen LogP contribution in [0.4, 0.5) is 0 Å². The lowest BCUT2D eigenvalue weighted by Gasteiger charge is -2.14. The molecule has 0 unspecified atom stereocenters. The minimum absolute atomic E-state index is 0.0360. The van der Waals surface area contributed by atoms with Crippen molar-refractivity contribution < 1.29 is 8.42 Å². The predicted octanol–water partition coefficient (Wildman–Crippen LogP) is 2.64. The lowest BCUT2D eigenvalue weighted by Crippen LogP contribution is -2.14. The highest BCUT2D eigenvalue weighted by Crippen LogP contribution is 2.36. The van der Waals surface area contributed by atoms with Crippen LogP contribution in [-0.4, -0.2) is 28.6 Å². The molecule has 0 amide bonds. The summed E-state index contributed by atoms with van der Waals surface area (Å²) < 4.78 is 24.4. The second-order valence-electron chi connectivity index (χ2n) is 5.96. The summed E-state index contributed by atoms with van der Waals surface area (Å²) in [7, 11) is -3.93. The van der Waals surface area contributed by atoms with E-state index in [0.717, 1.165) is 16.5 Å². The minimum atomic E-state index is -3.93. The van der Waals surface area contributed by atoms with E-state index in [9.17, 15) is 8.42 Å². The van der Waals surface area contributed by atoms with Crippen LogP contribution in [0.5, 0.6) is 0 Å². The van der Waals surface area contributed by atoms with Crippen LogP contribution in [0.2, 0.25) is 0 Å². The highest BCUT2D eigenvalue weighted by Gasteiger charge is 2.21. The van der Waals surface area contributed by atoms with Crippen LogP contribution < -0.4 is 5.14 Å². The summed E-state index contributed by atoms with van der Waals surface area (Å²) in [4.78, 5) is 8.88. The van der Waals surface area contributed by atoms with E-state index in [1.54, 1.807) is 24.5 Å². The van der Waals surface area contributed by atoms with E-state index in [4.69, 9.17) is 5.14 Å². The number of aromatic nitrogens is 4. The van der Waals surface area contributed by atoms with E-state index in [0.29, 0.717) is 22.6 Å². The number of aryl methyl sites for hydroxylation is 1. The van der Waals surface area contributed by atoms with Crippen molar-refractivity contribution in [3.05, 3.63) is 60.4 Å². The van der Waals surface area contributed by atoms with Gasteiger partial charge in [0.25, 0.3) is 0 Å². The van der Waals surface area contributed by atoms with Gasteiger partial charge in [-0.15, -0.1) is 0 Å². The van der Waals surface area contributed by atoms with Crippen LogP contribution in [0.3, 0.4) is 0 Å². The molecule has 2 aromatic carbocycles. The van der Waals surface area contributed by atoms with Crippen molar-refractivity contribution in [2.75, 3.05) is 0 Å². The van der Waals surface area contributed by atoms with Crippen LogP contribution in [0.1, 0.15) is 5.56 Å². The largest absolute Gasteiger partial charge is 0.261 e. The van der Waals surface area contributed by atoms with E-state index in [1.165, 1.54) is 6.07 Å². The third kappa shape index (κ3) is 2.85. The molecule has 130 valence electrons. The topological polar surface area (TPSA) is 115 Å². The predicted molar refractivity (Wildman–Crippen MR) is 98.7 cm³/mol. The third-order valence-corrected chi connectivity index (χ3v) is 5.02. The van der Waals surface area contributed by atoms with Gasteiger partial charge in [0.15, 0.2) is 11.5 Å². The Morgan fingerprint density at radius 2 is 1.88 bits per heavy atom. The zero-order valence-electron chi connectivity index (χ0n) is 13.8. The Morgan fingerprint density at radius 1 is 1.08 bits per heavy atom. The van der Waals surface area contributed by atoms with Crippen LogP contribution >= 0.6 is 0 Å². The van der Waals surface area contributed by atoms with Crippen molar-refractivity contribution in [2.24, 2.45) is 5.14 Å². The summed E-state index contributed by atoms with van der Waals surface area (Å²) in [6.07, 6.45) is 3.27. The molecule has 0 saturated carbocycles. The van der Waals surface area contributed by atoms with Gasteiger partial charge in [0.1, 0.15) is 0 Å². The van der Waals surface area contributed by atoms with Gasteiger partial charge >= 0.3 is 0 Å². The highest BCUT2D eigenvalue weighted by atomic mass is 32.2. The van der Waals surface area contributed by atoms with E-state index in [2.05, 4.69) is 20.2 Å². The molecular formula is C18H15N5O2S. The van der Waals surface area contributed by atoms with E-state index in [1.807, 2.05) is 31.2 Å². The molecule has 4 rings (SSSR count). The molecule has 8 heteroatoms. The zero-order valence-corrected chi connectivity index (χ0v) is 14.7. The Labute approximate surface area is 150 Å². The molecule has 0 aliphatic carbocycles. The molecule has 0 fully saturated rings. The molecular weight excluding hydrogens is 350 g/mol. The molecule has 2 heterocycles. The number of nitrogens with two attached hydrogens (primary N) is 1. The highest BCUT2D eigenvalue weighted by molar-refractivity contribution is 7.89. The molecule has 0 atom stereocenters. The van der Waals surface area contributed by atoms with Gasteiger partial charge in [-0.25, -0.2) is 23.5 Å². The summed E-state index contributed by atoms with van der Waals surface area (Å²) >= 11 is 0. The molecule has 0 spiro atoms. The van der Waals surface area contributed by atoms with Crippen LogP contribution in [0, 0.1) is 6.92 Å². The van der Waals surface area contributed by atoms with Gasteiger partial charge in [0.05, 0.1) is 16.5 Å². The monoisotopic (exact) mass is 365 g/mol. The first-order valence-electron chi connectivity index (χ1n) is 7.83. The lowest BCUT2D eigenvalue weighted by atomic mass is 9.97. The van der Waals surface area contributed by atoms with Gasteiger partial charge in [-0.2, -0.15) is 5.10 Å². The zero-order chi connectivity index (χ0) is 18.3. The van der Waals surface area contributed by atoms with E-state index < -0.39 is 10.0 Å². The summed E-state index contributed by atoms with van der Waals surface area (Å²) in [6, 6.07) is 12.5. The molecule has 4 aromatic rings. The number of H-pyrrole nitrogens is 1. The number of hydrogen-bond donors (Lipinski definition) is 2. The minimum Gasteiger partial charge on any atom is -0.261 e. The van der Waals surface area contributed by atoms with Crippen LogP contribution in [0.25, 0.3) is 33.5 Å². The normalized spacial score (nSPS) is 11.8. The molecule has 0 saturated heterocycles. The molecule has 3 N–H and O–H groups in total. The molecule has 2 aromatic heterocycles. The number of nitrogens with one attached hydrogen (secondary N) is 1. The average molecular weight is 365 g/mol. The average Bonchev–Trinajstić information content (AvgIpc) is 3.08. The molecule has 0 radical (unpaired) electrons. The van der Waals surface area contributed by atoms with Gasteiger partial charge in [0.2, 0.25) is 10.0 Å². The summed E-state index contributed by atoms with van der Waals surface area (Å²) in [5.41, 5.74) is 3.38. The summed E-state index contributed by atoms with van der Waals surface area (Å²) in [5, 5.41) is 13.0. The van der Waals surface area contributed by atoms with Crippen LogP contribution in [0.15, 0.2) is 59.8 Å². The van der Waals surface area contributed by atoms with E-state index >= 15 is 0 Å². The van der Waals surface area contributed by atoms with E-state index in [-0.39, 0.29) is 4.90 Å². The molecule has 26 heavy (non-hydrogen) atoms. The van der Waals surface area contributed by atoms with Crippen LogP contribution in [-0.2, 0) is 10.0 Å². The fourth-order valence-corrected chi connectivity index (χ4v) is 3.70. The Balaban J connectivity index is 2.06. The number of rotatable bonds is 3. The Bertz CT molecular complexity index is 1230. The second-order valence-corrected chi connectivity index (χ2v) is 7.49. The number of benzene rings is 2. The van der Waals surface area contributed by atoms with Gasteiger partial charge < -0.3 is 0 Å². The molecule has 0 bridgehead atoms. The number of nitrogens with zero attached hydrogens (tertiary/aromatic N) is 3. The van der Waals surface area contributed by atoms with Gasteiger partial charge in [0, 0.05) is 17.3 Å².